The molecule has 6 heteroatoms. The number of nitrogens with one attached hydrogen (secondary N) is 2. The zero-order valence-corrected chi connectivity index (χ0v) is 17.3. The molecule has 0 saturated carbocycles. The third-order valence-corrected chi connectivity index (χ3v) is 4.67. The van der Waals surface area contributed by atoms with E-state index in [1.54, 1.807) is 48.5 Å². The van der Waals surface area contributed by atoms with E-state index in [1.807, 2.05) is 6.07 Å². The Labute approximate surface area is 175 Å². The van der Waals surface area contributed by atoms with E-state index in [-0.39, 0.29) is 17.5 Å². The number of carbonyl (C=O) groups excluding carboxylic acids is 2. The number of hydrogen-bond donors (Lipinski definition) is 2. The second-order valence-corrected chi connectivity index (χ2v) is 7.20. The largest absolute Gasteiger partial charge is 0.351 e. The second-order valence-electron chi connectivity index (χ2n) is 6.36. The summed E-state index contributed by atoms with van der Waals surface area (Å²) >= 11 is 12.2. The summed E-state index contributed by atoms with van der Waals surface area (Å²) in [6.45, 7) is 2.68. The molecule has 148 valence electrons. The molecule has 0 fully saturated rings. The Balaban J connectivity index is 2.18. The van der Waals surface area contributed by atoms with Gasteiger partial charge in [-0.3, -0.25) is 9.59 Å². The van der Waals surface area contributed by atoms with Crippen molar-refractivity contribution in [2.45, 2.75) is 32.6 Å². The van der Waals surface area contributed by atoms with Gasteiger partial charge >= 0.3 is 0 Å². The molecule has 4 nitrogen and oxygen atoms in total. The molecule has 0 aromatic heterocycles. The first-order valence-electron chi connectivity index (χ1n) is 9.32. The molecule has 0 aliphatic carbocycles. The molecule has 0 heterocycles. The highest BCUT2D eigenvalue weighted by atomic mass is 35.5. The maximum absolute atomic E-state index is 12.7. The van der Waals surface area contributed by atoms with E-state index in [1.165, 1.54) is 0 Å². The Morgan fingerprint density at radius 1 is 1.00 bits per heavy atom. The first kappa shape index (κ1) is 22.0. The van der Waals surface area contributed by atoms with E-state index < -0.39 is 0 Å². The van der Waals surface area contributed by atoms with Crippen molar-refractivity contribution in [3.05, 3.63) is 75.4 Å². The second kappa shape index (κ2) is 11.5. The molecule has 2 rings (SSSR count). The van der Waals surface area contributed by atoms with Crippen molar-refractivity contribution in [2.24, 2.45) is 0 Å². The van der Waals surface area contributed by atoms with Gasteiger partial charge < -0.3 is 10.6 Å². The third-order valence-electron chi connectivity index (χ3n) is 4.11. The molecular weight excluding hydrogens is 395 g/mol. The van der Waals surface area contributed by atoms with Crippen LogP contribution in [0.2, 0.25) is 10.0 Å². The molecule has 2 N–H and O–H groups in total. The van der Waals surface area contributed by atoms with E-state index in [4.69, 9.17) is 23.2 Å². The highest BCUT2D eigenvalue weighted by Gasteiger charge is 2.15. The molecule has 2 amide bonds. The van der Waals surface area contributed by atoms with Crippen molar-refractivity contribution in [2.75, 3.05) is 6.54 Å². The molecule has 0 spiro atoms. The molecule has 2 aromatic carbocycles. The SMILES string of the molecule is CCCCCCNC(=O)C(=Cc1ccc(Cl)cc1Cl)NC(=O)c1ccccc1. The molecule has 0 unspecified atom stereocenters. The van der Waals surface area contributed by atoms with Crippen LogP contribution < -0.4 is 10.6 Å². The molecule has 0 aliphatic heterocycles. The standard InChI is InChI=1S/C22H24Cl2N2O2/c1-2-3-4-8-13-25-22(28)20(14-17-11-12-18(23)15-19(17)24)26-21(27)16-9-6-5-7-10-16/h5-7,9-12,14-15H,2-4,8,13H2,1H3,(H,25,28)(H,26,27). The van der Waals surface area contributed by atoms with Crippen LogP contribution in [0.3, 0.4) is 0 Å². The minimum absolute atomic E-state index is 0.133. The van der Waals surface area contributed by atoms with Crippen LogP contribution in [0.1, 0.15) is 48.5 Å². The van der Waals surface area contributed by atoms with E-state index >= 15 is 0 Å². The molecule has 2 aromatic rings. The summed E-state index contributed by atoms with van der Waals surface area (Å²) in [6, 6.07) is 13.7. The summed E-state index contributed by atoms with van der Waals surface area (Å²) in [6.07, 6.45) is 5.75. The lowest BCUT2D eigenvalue weighted by atomic mass is 10.1. The molecule has 0 atom stereocenters. The predicted molar refractivity (Wildman–Crippen MR) is 115 cm³/mol. The van der Waals surface area contributed by atoms with Crippen LogP contribution in [0, 0.1) is 0 Å². The topological polar surface area (TPSA) is 58.2 Å². The number of benzene rings is 2. The monoisotopic (exact) mass is 418 g/mol. The molecule has 28 heavy (non-hydrogen) atoms. The molecule has 0 bridgehead atoms. The predicted octanol–water partition coefficient (Wildman–Crippen LogP) is 5.46. The Hall–Kier alpha value is -2.30. The fourth-order valence-electron chi connectivity index (χ4n) is 2.57. The minimum Gasteiger partial charge on any atom is -0.351 e. The van der Waals surface area contributed by atoms with E-state index in [9.17, 15) is 9.59 Å². The number of amides is 2. The molecule has 0 radical (unpaired) electrons. The Kier molecular flexibility index (Phi) is 9.05. The van der Waals surface area contributed by atoms with Crippen molar-refractivity contribution in [3.63, 3.8) is 0 Å². The average Bonchev–Trinajstić information content (AvgIpc) is 2.69. The summed E-state index contributed by atoms with van der Waals surface area (Å²) in [4.78, 5) is 25.2. The van der Waals surface area contributed by atoms with Crippen LogP contribution in [-0.2, 0) is 4.79 Å². The minimum atomic E-state index is -0.363. The lowest BCUT2D eigenvalue weighted by Gasteiger charge is -2.12. The summed E-state index contributed by atoms with van der Waals surface area (Å²) in [5.74, 6) is -0.718. The molecule has 0 aliphatic rings. The van der Waals surface area contributed by atoms with Gasteiger partial charge in [0.15, 0.2) is 0 Å². The summed E-state index contributed by atoms with van der Waals surface area (Å²) in [5.41, 5.74) is 1.19. The first-order valence-corrected chi connectivity index (χ1v) is 10.1. The summed E-state index contributed by atoms with van der Waals surface area (Å²) < 4.78 is 0. The normalized spacial score (nSPS) is 11.2. The van der Waals surface area contributed by atoms with Crippen LogP contribution in [-0.4, -0.2) is 18.4 Å². The fourth-order valence-corrected chi connectivity index (χ4v) is 3.03. The quantitative estimate of drug-likeness (QED) is 0.419. The van der Waals surface area contributed by atoms with Gasteiger partial charge in [-0.05, 0) is 42.3 Å². The van der Waals surface area contributed by atoms with Crippen LogP contribution in [0.5, 0.6) is 0 Å². The van der Waals surface area contributed by atoms with Crippen LogP contribution >= 0.6 is 23.2 Å². The van der Waals surface area contributed by atoms with Crippen LogP contribution in [0.15, 0.2) is 54.2 Å². The number of halogens is 2. The number of rotatable bonds is 9. The maximum atomic E-state index is 12.7. The third kappa shape index (κ3) is 7.02. The lowest BCUT2D eigenvalue weighted by Crippen LogP contribution is -2.35. The van der Waals surface area contributed by atoms with Crippen LogP contribution in [0.25, 0.3) is 6.08 Å². The van der Waals surface area contributed by atoms with Crippen molar-refractivity contribution in [3.8, 4) is 0 Å². The van der Waals surface area contributed by atoms with Gasteiger partial charge in [0.1, 0.15) is 5.70 Å². The van der Waals surface area contributed by atoms with E-state index in [0.717, 1.165) is 25.7 Å². The van der Waals surface area contributed by atoms with E-state index in [0.29, 0.717) is 27.7 Å². The Bertz CT molecular complexity index is 836. The van der Waals surface area contributed by atoms with Crippen molar-refractivity contribution < 1.29 is 9.59 Å². The average molecular weight is 419 g/mol. The van der Waals surface area contributed by atoms with Gasteiger partial charge in [-0.25, -0.2) is 0 Å². The number of hydrogen-bond acceptors (Lipinski definition) is 2. The van der Waals surface area contributed by atoms with Gasteiger partial charge in [0.05, 0.1) is 0 Å². The lowest BCUT2D eigenvalue weighted by molar-refractivity contribution is -0.117. The van der Waals surface area contributed by atoms with Crippen molar-refractivity contribution in [1.29, 1.82) is 0 Å². The highest BCUT2D eigenvalue weighted by molar-refractivity contribution is 6.35. The van der Waals surface area contributed by atoms with Crippen molar-refractivity contribution >= 4 is 41.1 Å². The van der Waals surface area contributed by atoms with Gasteiger partial charge in [-0.15, -0.1) is 0 Å². The van der Waals surface area contributed by atoms with E-state index in [2.05, 4.69) is 17.6 Å². The highest BCUT2D eigenvalue weighted by Crippen LogP contribution is 2.23. The fraction of sp³-hybridized carbons (Fsp3) is 0.273. The van der Waals surface area contributed by atoms with Crippen LogP contribution in [0.4, 0.5) is 0 Å². The molecule has 0 saturated heterocycles. The Morgan fingerprint density at radius 3 is 2.43 bits per heavy atom. The van der Waals surface area contributed by atoms with Gasteiger partial charge in [-0.1, -0.05) is 73.7 Å². The summed E-state index contributed by atoms with van der Waals surface area (Å²) in [5, 5.41) is 6.45. The summed E-state index contributed by atoms with van der Waals surface area (Å²) in [7, 11) is 0. The number of unbranched alkanes of at least 4 members (excludes halogenated alkanes) is 3. The smallest absolute Gasteiger partial charge is 0.267 e. The zero-order valence-electron chi connectivity index (χ0n) is 15.8. The molecular formula is C22H24Cl2N2O2. The maximum Gasteiger partial charge on any atom is 0.267 e. The van der Waals surface area contributed by atoms with Crippen molar-refractivity contribution in [1.82, 2.24) is 10.6 Å². The van der Waals surface area contributed by atoms with Gasteiger partial charge in [0.25, 0.3) is 11.8 Å². The van der Waals surface area contributed by atoms with Gasteiger partial charge in [0, 0.05) is 22.2 Å². The zero-order chi connectivity index (χ0) is 20.4. The number of carbonyl (C=O) groups is 2. The van der Waals surface area contributed by atoms with Gasteiger partial charge in [-0.2, -0.15) is 0 Å². The van der Waals surface area contributed by atoms with Gasteiger partial charge in [0.2, 0.25) is 0 Å². The first-order chi connectivity index (χ1) is 13.5. The Morgan fingerprint density at radius 2 is 1.75 bits per heavy atom.